The van der Waals surface area contributed by atoms with Crippen LogP contribution in [-0.4, -0.2) is 61.3 Å². The first-order valence-electron chi connectivity index (χ1n) is 13.0. The van der Waals surface area contributed by atoms with E-state index in [4.69, 9.17) is 15.2 Å². The summed E-state index contributed by atoms with van der Waals surface area (Å²) in [6.07, 6.45) is -4.69. The second-order valence-electron chi connectivity index (χ2n) is 9.60. The quantitative estimate of drug-likeness (QED) is 0.205. The number of urea groups is 1. The summed E-state index contributed by atoms with van der Waals surface area (Å²) in [5.74, 6) is -1.06. The van der Waals surface area contributed by atoms with Gasteiger partial charge in [-0.1, -0.05) is 12.1 Å². The Kier molecular flexibility index (Phi) is 8.31. The average molecular weight is 586 g/mol. The Hall–Kier alpha value is -4.62. The maximum absolute atomic E-state index is 14.0. The number of nitrogens with two attached hydrogens (primary N) is 1. The number of morpholine rings is 1. The Morgan fingerprint density at radius 2 is 1.74 bits per heavy atom. The third-order valence-corrected chi connectivity index (χ3v) is 6.77. The molecular formula is C29H27F4N5O4. The molecule has 1 aliphatic heterocycles. The highest BCUT2D eigenvalue weighted by Gasteiger charge is 2.31. The number of ether oxygens (including phenoxy) is 2. The van der Waals surface area contributed by atoms with E-state index in [0.717, 1.165) is 25.0 Å². The van der Waals surface area contributed by atoms with Crippen LogP contribution in [0.5, 0.6) is 5.75 Å². The maximum Gasteiger partial charge on any atom is 0.416 e. The second kappa shape index (κ2) is 12.1. The van der Waals surface area contributed by atoms with E-state index in [1.165, 1.54) is 12.1 Å². The van der Waals surface area contributed by atoms with Gasteiger partial charge in [-0.05, 0) is 48.0 Å². The Bertz CT molecular complexity index is 1600. The van der Waals surface area contributed by atoms with E-state index in [0.29, 0.717) is 60.4 Å². The number of fused-ring (bicyclic) bond motifs is 1. The molecule has 13 heteroatoms. The predicted octanol–water partition coefficient (Wildman–Crippen LogP) is 5.45. The average Bonchev–Trinajstić information content (AvgIpc) is 3.34. The lowest BCUT2D eigenvalue weighted by molar-refractivity contribution is -0.137. The van der Waals surface area contributed by atoms with Crippen LogP contribution in [0.15, 0.2) is 60.7 Å². The first-order valence-corrected chi connectivity index (χ1v) is 13.0. The number of aromatic amines is 1. The zero-order valence-electron chi connectivity index (χ0n) is 22.2. The van der Waals surface area contributed by atoms with Crippen molar-refractivity contribution in [2.24, 2.45) is 5.73 Å². The fourth-order valence-electron chi connectivity index (χ4n) is 4.67. The molecule has 9 nitrogen and oxygen atoms in total. The van der Waals surface area contributed by atoms with Crippen LogP contribution in [0, 0.1) is 5.82 Å². The number of amides is 3. The number of carbonyl (C=O) groups is 2. The number of anilines is 2. The Morgan fingerprint density at radius 1 is 1.00 bits per heavy atom. The monoisotopic (exact) mass is 585 g/mol. The molecule has 4 aromatic rings. The number of primary amides is 1. The maximum atomic E-state index is 14.0. The first kappa shape index (κ1) is 28.9. The van der Waals surface area contributed by atoms with E-state index in [9.17, 15) is 27.2 Å². The molecular weight excluding hydrogens is 558 g/mol. The minimum atomic E-state index is -4.69. The predicted molar refractivity (Wildman–Crippen MR) is 149 cm³/mol. The third kappa shape index (κ3) is 6.64. The summed E-state index contributed by atoms with van der Waals surface area (Å²) in [6, 6.07) is 12.6. The van der Waals surface area contributed by atoms with Crippen LogP contribution in [0.3, 0.4) is 0 Å². The molecule has 3 amide bonds. The van der Waals surface area contributed by atoms with Crippen LogP contribution in [0.2, 0.25) is 0 Å². The first-order chi connectivity index (χ1) is 20.1. The number of nitrogens with zero attached hydrogens (tertiary/aromatic N) is 1. The van der Waals surface area contributed by atoms with Gasteiger partial charge in [-0.25, -0.2) is 9.18 Å². The molecule has 0 atom stereocenters. The molecule has 0 unspecified atom stereocenters. The van der Waals surface area contributed by atoms with Crippen molar-refractivity contribution in [3.63, 3.8) is 0 Å². The van der Waals surface area contributed by atoms with Crippen LogP contribution in [0.1, 0.15) is 16.1 Å². The summed E-state index contributed by atoms with van der Waals surface area (Å²) in [4.78, 5) is 30.0. The van der Waals surface area contributed by atoms with E-state index in [1.807, 2.05) is 6.07 Å². The number of hydrogen-bond donors (Lipinski definition) is 4. The van der Waals surface area contributed by atoms with Crippen molar-refractivity contribution in [2.75, 3.05) is 50.1 Å². The summed E-state index contributed by atoms with van der Waals surface area (Å²) >= 11 is 0. The number of halogens is 4. The Labute approximate surface area is 237 Å². The molecule has 5 N–H and O–H groups in total. The van der Waals surface area contributed by atoms with Crippen LogP contribution in [0.4, 0.5) is 33.7 Å². The summed E-state index contributed by atoms with van der Waals surface area (Å²) in [6.45, 7) is 4.38. The molecule has 1 saturated heterocycles. The van der Waals surface area contributed by atoms with Crippen LogP contribution in [0.25, 0.3) is 22.0 Å². The van der Waals surface area contributed by atoms with Gasteiger partial charge in [0.1, 0.15) is 23.9 Å². The molecule has 0 aliphatic carbocycles. The highest BCUT2D eigenvalue weighted by Crippen LogP contribution is 2.35. The summed E-state index contributed by atoms with van der Waals surface area (Å²) in [5, 5.41) is 5.26. The lowest BCUT2D eigenvalue weighted by Crippen LogP contribution is -2.38. The van der Waals surface area contributed by atoms with Crippen molar-refractivity contribution in [1.82, 2.24) is 9.88 Å². The minimum absolute atomic E-state index is 0.189. The van der Waals surface area contributed by atoms with Gasteiger partial charge in [-0.2, -0.15) is 13.2 Å². The highest BCUT2D eigenvalue weighted by molar-refractivity contribution is 6.09. The van der Waals surface area contributed by atoms with E-state index >= 15 is 0 Å². The van der Waals surface area contributed by atoms with Crippen LogP contribution >= 0.6 is 0 Å². The lowest BCUT2D eigenvalue weighted by atomic mass is 10.0. The number of rotatable bonds is 8. The number of hydrogen-bond acceptors (Lipinski definition) is 5. The topological polar surface area (TPSA) is 122 Å². The van der Waals surface area contributed by atoms with Crippen molar-refractivity contribution >= 4 is 34.2 Å². The largest absolute Gasteiger partial charge is 0.492 e. The van der Waals surface area contributed by atoms with Crippen molar-refractivity contribution in [2.45, 2.75) is 6.18 Å². The molecule has 42 heavy (non-hydrogen) atoms. The van der Waals surface area contributed by atoms with Crippen molar-refractivity contribution in [3.8, 4) is 16.9 Å². The molecule has 0 bridgehead atoms. The minimum Gasteiger partial charge on any atom is -0.492 e. The van der Waals surface area contributed by atoms with E-state index in [1.54, 1.807) is 24.3 Å². The third-order valence-electron chi connectivity index (χ3n) is 6.77. The van der Waals surface area contributed by atoms with Gasteiger partial charge in [0.2, 0.25) is 0 Å². The molecule has 1 fully saturated rings. The smallest absolute Gasteiger partial charge is 0.416 e. The summed E-state index contributed by atoms with van der Waals surface area (Å²) < 4.78 is 64.1. The van der Waals surface area contributed by atoms with Gasteiger partial charge >= 0.3 is 12.2 Å². The summed E-state index contributed by atoms with van der Waals surface area (Å²) in [5.41, 5.74) is 6.22. The molecule has 3 aromatic carbocycles. The zero-order valence-corrected chi connectivity index (χ0v) is 22.2. The van der Waals surface area contributed by atoms with Gasteiger partial charge in [0.15, 0.2) is 0 Å². The molecule has 1 aromatic heterocycles. The van der Waals surface area contributed by atoms with E-state index < -0.39 is 35.2 Å². The molecule has 220 valence electrons. The molecule has 0 radical (unpaired) electrons. The van der Waals surface area contributed by atoms with Gasteiger partial charge in [0, 0.05) is 42.3 Å². The fraction of sp³-hybridized carbons (Fsp3) is 0.241. The number of alkyl halides is 3. The Morgan fingerprint density at radius 3 is 2.43 bits per heavy atom. The van der Waals surface area contributed by atoms with Crippen LogP contribution < -0.4 is 21.1 Å². The highest BCUT2D eigenvalue weighted by atomic mass is 19.4. The summed E-state index contributed by atoms with van der Waals surface area (Å²) in [7, 11) is 0. The Balaban J connectivity index is 1.29. The van der Waals surface area contributed by atoms with Gasteiger partial charge in [-0.15, -0.1) is 0 Å². The normalized spacial score (nSPS) is 14.1. The molecule has 0 spiro atoms. The van der Waals surface area contributed by atoms with Crippen molar-refractivity contribution in [1.29, 1.82) is 0 Å². The van der Waals surface area contributed by atoms with Gasteiger partial charge in [-0.3, -0.25) is 9.69 Å². The number of carbonyl (C=O) groups excluding carboxylic acids is 2. The number of H-pyrrole nitrogens is 1. The van der Waals surface area contributed by atoms with Gasteiger partial charge in [0.05, 0.1) is 30.0 Å². The van der Waals surface area contributed by atoms with E-state index in [2.05, 4.69) is 20.5 Å². The fourth-order valence-corrected chi connectivity index (χ4v) is 4.67. The van der Waals surface area contributed by atoms with Crippen molar-refractivity contribution in [3.05, 3.63) is 77.7 Å². The zero-order chi connectivity index (χ0) is 29.9. The molecule has 2 heterocycles. The number of aromatic nitrogens is 1. The number of benzene rings is 3. The van der Waals surface area contributed by atoms with Gasteiger partial charge < -0.3 is 30.8 Å². The lowest BCUT2D eigenvalue weighted by Gasteiger charge is -2.26. The standard InChI is InChI=1S/C29H27F4N5O4/c30-22-8-3-18(29(31,32)33)15-24(22)37-28(40)35-19-4-1-17(2-5-19)25-21-7-6-20(16-23(21)36-26(25)27(34)39)42-14-11-38-9-12-41-13-10-38/h1-8,15-16,36H,9-14H2,(H2,34,39)(H2,35,37,40). The van der Waals surface area contributed by atoms with Crippen molar-refractivity contribution < 1.29 is 36.6 Å². The SMILES string of the molecule is NC(=O)c1[nH]c2cc(OCCN3CCOCC3)ccc2c1-c1ccc(NC(=O)Nc2cc(C(F)(F)F)ccc2F)cc1. The number of nitrogens with one attached hydrogen (secondary N) is 3. The second-order valence-corrected chi connectivity index (χ2v) is 9.60. The van der Waals surface area contributed by atoms with Crippen LogP contribution in [-0.2, 0) is 10.9 Å². The molecule has 0 saturated carbocycles. The van der Waals surface area contributed by atoms with E-state index in [-0.39, 0.29) is 11.4 Å². The molecule has 5 rings (SSSR count). The molecule has 1 aliphatic rings. The van der Waals surface area contributed by atoms with Gasteiger partial charge in [0.25, 0.3) is 5.91 Å².